The molecule has 36 heavy (non-hydrogen) atoms. The van der Waals surface area contributed by atoms with Gasteiger partial charge in [-0.25, -0.2) is 0 Å². The fourth-order valence-corrected chi connectivity index (χ4v) is 3.85. The van der Waals surface area contributed by atoms with E-state index < -0.39 is 0 Å². The summed E-state index contributed by atoms with van der Waals surface area (Å²) in [5.74, 6) is 1.88. The zero-order chi connectivity index (χ0) is 24.7. The zero-order valence-corrected chi connectivity index (χ0v) is 19.3. The van der Waals surface area contributed by atoms with Gasteiger partial charge in [-0.15, -0.1) is 0 Å². The predicted molar refractivity (Wildman–Crippen MR) is 140 cm³/mol. The van der Waals surface area contributed by atoms with Crippen LogP contribution >= 0.6 is 0 Å². The van der Waals surface area contributed by atoms with Crippen LogP contribution in [0.3, 0.4) is 0 Å². The molecule has 0 aromatic heterocycles. The van der Waals surface area contributed by atoms with Crippen molar-refractivity contribution >= 4 is 0 Å². The second kappa shape index (κ2) is 10.3. The Hall–Kier alpha value is -5.32. The lowest BCUT2D eigenvalue weighted by molar-refractivity contribution is 0.418. The van der Waals surface area contributed by atoms with Gasteiger partial charge in [0.1, 0.15) is 23.6 Å². The Balaban J connectivity index is 1.43. The van der Waals surface area contributed by atoms with Gasteiger partial charge >= 0.3 is 0 Å². The molecule has 0 aliphatic rings. The Kier molecular flexibility index (Phi) is 6.43. The van der Waals surface area contributed by atoms with Gasteiger partial charge in [0.2, 0.25) is 0 Å². The molecular weight excluding hydrogens is 444 g/mol. The quantitative estimate of drug-likeness (QED) is 0.253. The van der Waals surface area contributed by atoms with Crippen molar-refractivity contribution in [2.75, 3.05) is 0 Å². The maximum atomic E-state index is 9.52. The van der Waals surface area contributed by atoms with Crippen LogP contribution in [-0.2, 0) is 0 Å². The lowest BCUT2D eigenvalue weighted by atomic mass is 10.1. The molecule has 0 fully saturated rings. The Morgan fingerprint density at radius 2 is 0.750 bits per heavy atom. The molecule has 0 bridgehead atoms. The lowest BCUT2D eigenvalue weighted by Gasteiger charge is -2.14. The normalized spacial score (nSPS) is 10.2. The van der Waals surface area contributed by atoms with Crippen LogP contribution in [0.5, 0.6) is 23.0 Å². The zero-order valence-electron chi connectivity index (χ0n) is 19.3. The van der Waals surface area contributed by atoms with Crippen LogP contribution in [0.1, 0.15) is 11.1 Å². The van der Waals surface area contributed by atoms with Gasteiger partial charge in [-0.05, 0) is 46.5 Å². The van der Waals surface area contributed by atoms with Crippen LogP contribution in [0.4, 0.5) is 0 Å². The van der Waals surface area contributed by atoms with Gasteiger partial charge in [-0.1, -0.05) is 84.9 Å². The third kappa shape index (κ3) is 4.94. The maximum absolute atomic E-state index is 9.52. The molecular formula is C32H20N2O2. The second-order valence-electron chi connectivity index (χ2n) is 8.05. The molecule has 5 aromatic carbocycles. The SMILES string of the molecule is N#Cc1cc(Oc2ccc(-c3ccccc3)cc2)c(Oc2ccc(-c3ccccc3)cc2)cc1C#N. The minimum atomic E-state index is 0.222. The van der Waals surface area contributed by atoms with E-state index in [1.165, 1.54) is 12.1 Å². The van der Waals surface area contributed by atoms with Gasteiger partial charge in [0.05, 0.1) is 11.1 Å². The first-order valence-corrected chi connectivity index (χ1v) is 11.4. The van der Waals surface area contributed by atoms with E-state index >= 15 is 0 Å². The highest BCUT2D eigenvalue weighted by Crippen LogP contribution is 2.38. The molecule has 5 aromatic rings. The van der Waals surface area contributed by atoms with Crippen molar-refractivity contribution in [2.24, 2.45) is 0 Å². The monoisotopic (exact) mass is 464 g/mol. The molecule has 0 N–H and O–H groups in total. The number of rotatable bonds is 6. The molecule has 170 valence electrons. The maximum Gasteiger partial charge on any atom is 0.171 e. The molecule has 0 unspecified atom stereocenters. The molecule has 0 saturated heterocycles. The van der Waals surface area contributed by atoms with E-state index in [-0.39, 0.29) is 11.1 Å². The van der Waals surface area contributed by atoms with Crippen molar-refractivity contribution in [1.82, 2.24) is 0 Å². The van der Waals surface area contributed by atoms with Crippen molar-refractivity contribution < 1.29 is 9.47 Å². The summed E-state index contributed by atoms with van der Waals surface area (Å²) in [4.78, 5) is 0. The summed E-state index contributed by atoms with van der Waals surface area (Å²) in [6.07, 6.45) is 0. The minimum absolute atomic E-state index is 0.222. The summed E-state index contributed by atoms with van der Waals surface area (Å²) in [6.45, 7) is 0. The van der Waals surface area contributed by atoms with E-state index in [2.05, 4.69) is 12.1 Å². The van der Waals surface area contributed by atoms with Gasteiger partial charge in [-0.2, -0.15) is 10.5 Å². The fraction of sp³-hybridized carbons (Fsp3) is 0. The van der Waals surface area contributed by atoms with Crippen LogP contribution in [0.2, 0.25) is 0 Å². The molecule has 4 heteroatoms. The summed E-state index contributed by atoms with van der Waals surface area (Å²) < 4.78 is 12.2. The molecule has 0 amide bonds. The second-order valence-corrected chi connectivity index (χ2v) is 8.05. The molecule has 0 heterocycles. The topological polar surface area (TPSA) is 66.0 Å². The van der Waals surface area contributed by atoms with Gasteiger partial charge in [0.15, 0.2) is 11.5 Å². The van der Waals surface area contributed by atoms with Crippen molar-refractivity contribution in [3.05, 3.63) is 132 Å². The van der Waals surface area contributed by atoms with E-state index in [1.54, 1.807) is 0 Å². The van der Waals surface area contributed by atoms with E-state index in [4.69, 9.17) is 9.47 Å². The largest absolute Gasteiger partial charge is 0.453 e. The Labute approximate surface area is 209 Å². The van der Waals surface area contributed by atoms with Crippen LogP contribution < -0.4 is 9.47 Å². The third-order valence-electron chi connectivity index (χ3n) is 5.70. The Morgan fingerprint density at radius 1 is 0.417 bits per heavy atom. The first kappa shape index (κ1) is 22.5. The van der Waals surface area contributed by atoms with Gasteiger partial charge in [-0.3, -0.25) is 0 Å². The molecule has 0 atom stereocenters. The summed E-state index contributed by atoms with van der Waals surface area (Å²) in [5, 5.41) is 19.0. The average Bonchev–Trinajstić information content (AvgIpc) is 2.95. The van der Waals surface area contributed by atoms with Gasteiger partial charge in [0, 0.05) is 12.1 Å². The van der Waals surface area contributed by atoms with Crippen LogP contribution in [0, 0.1) is 22.7 Å². The van der Waals surface area contributed by atoms with Gasteiger partial charge < -0.3 is 9.47 Å². The lowest BCUT2D eigenvalue weighted by Crippen LogP contribution is -1.94. The molecule has 4 nitrogen and oxygen atoms in total. The summed E-state index contributed by atoms with van der Waals surface area (Å²) in [5.41, 5.74) is 4.79. The number of nitriles is 2. The molecule has 0 saturated carbocycles. The number of hydrogen-bond donors (Lipinski definition) is 0. The summed E-state index contributed by atoms with van der Waals surface area (Å²) in [6, 6.07) is 42.7. The average molecular weight is 465 g/mol. The van der Waals surface area contributed by atoms with E-state index in [9.17, 15) is 10.5 Å². The molecule has 0 aliphatic heterocycles. The van der Waals surface area contributed by atoms with Crippen molar-refractivity contribution in [2.45, 2.75) is 0 Å². The van der Waals surface area contributed by atoms with Crippen LogP contribution in [0.15, 0.2) is 121 Å². The molecule has 0 aliphatic carbocycles. The van der Waals surface area contributed by atoms with Crippen LogP contribution in [-0.4, -0.2) is 0 Å². The number of hydrogen-bond acceptors (Lipinski definition) is 4. The highest BCUT2D eigenvalue weighted by molar-refractivity contribution is 5.66. The van der Waals surface area contributed by atoms with E-state index in [1.807, 2.05) is 109 Å². The molecule has 5 rings (SSSR count). The van der Waals surface area contributed by atoms with Crippen molar-refractivity contribution in [3.63, 3.8) is 0 Å². The first-order chi connectivity index (χ1) is 17.7. The first-order valence-electron chi connectivity index (χ1n) is 11.4. The Morgan fingerprint density at radius 3 is 1.08 bits per heavy atom. The Bertz CT molecular complexity index is 1440. The smallest absolute Gasteiger partial charge is 0.171 e. The van der Waals surface area contributed by atoms with E-state index in [0.29, 0.717) is 23.0 Å². The third-order valence-corrected chi connectivity index (χ3v) is 5.70. The summed E-state index contributed by atoms with van der Waals surface area (Å²) in [7, 11) is 0. The van der Waals surface area contributed by atoms with Crippen molar-refractivity contribution in [3.8, 4) is 57.4 Å². The number of ether oxygens (including phenoxy) is 2. The minimum Gasteiger partial charge on any atom is -0.453 e. The number of nitrogens with zero attached hydrogens (tertiary/aromatic N) is 2. The van der Waals surface area contributed by atoms with E-state index in [0.717, 1.165) is 22.3 Å². The summed E-state index contributed by atoms with van der Waals surface area (Å²) >= 11 is 0. The molecule has 0 radical (unpaired) electrons. The fourth-order valence-electron chi connectivity index (χ4n) is 3.85. The van der Waals surface area contributed by atoms with Gasteiger partial charge in [0.25, 0.3) is 0 Å². The highest BCUT2D eigenvalue weighted by atomic mass is 16.5. The van der Waals surface area contributed by atoms with Crippen molar-refractivity contribution in [1.29, 1.82) is 10.5 Å². The standard InChI is InChI=1S/C32H20N2O2/c33-21-27-19-31(35-29-15-11-25(12-16-29)23-7-3-1-4-8-23)32(20-28(27)22-34)36-30-17-13-26(14-18-30)24-9-5-2-6-10-24/h1-20H. The molecule has 0 spiro atoms. The number of benzene rings is 5. The predicted octanol–water partition coefficient (Wildman–Crippen LogP) is 8.35. The highest BCUT2D eigenvalue weighted by Gasteiger charge is 2.15. The van der Waals surface area contributed by atoms with Crippen LogP contribution in [0.25, 0.3) is 22.3 Å².